The molecule has 1 aromatic carbocycles. The van der Waals surface area contributed by atoms with Crippen LogP contribution < -0.4 is 5.32 Å². The zero-order valence-corrected chi connectivity index (χ0v) is 12.2. The summed E-state index contributed by atoms with van der Waals surface area (Å²) in [6, 6.07) is 5.34. The molecule has 0 radical (unpaired) electrons. The van der Waals surface area contributed by atoms with E-state index in [1.807, 2.05) is 12.1 Å². The summed E-state index contributed by atoms with van der Waals surface area (Å²) in [6.45, 7) is 1.66. The van der Waals surface area contributed by atoms with Crippen LogP contribution in [-0.4, -0.2) is 24.2 Å². The zero-order valence-electron chi connectivity index (χ0n) is 11.5. The SMILES string of the molecule is CCC1(C2CC2)c2cc(Cl)ccc2NC(=O)N1CCF. The van der Waals surface area contributed by atoms with Crippen LogP contribution >= 0.6 is 11.6 Å². The second-order valence-corrected chi connectivity index (χ2v) is 5.95. The standard InChI is InChI=1S/C15H18ClFN2O/c1-2-15(10-3-4-10)12-9-11(16)5-6-13(12)18-14(20)19(15)8-7-17/h5-6,9-10H,2-4,7-8H2,1H3,(H,18,20). The molecule has 2 amide bonds. The maximum Gasteiger partial charge on any atom is 0.322 e. The third-order valence-electron chi connectivity index (χ3n) is 4.52. The van der Waals surface area contributed by atoms with Crippen molar-refractivity contribution in [1.82, 2.24) is 4.90 Å². The number of carbonyl (C=O) groups is 1. The van der Waals surface area contributed by atoms with Gasteiger partial charge in [0.15, 0.2) is 0 Å². The number of amides is 2. The number of carbonyl (C=O) groups excluding carboxylic acids is 1. The van der Waals surface area contributed by atoms with Crippen LogP contribution in [0, 0.1) is 5.92 Å². The minimum absolute atomic E-state index is 0.127. The average Bonchev–Trinajstić information content (AvgIpc) is 3.26. The molecule has 2 aliphatic rings. The molecule has 108 valence electrons. The number of alkyl halides is 1. The van der Waals surface area contributed by atoms with Gasteiger partial charge >= 0.3 is 6.03 Å². The molecule has 1 atom stereocenters. The second kappa shape index (κ2) is 4.92. The maximum absolute atomic E-state index is 12.9. The van der Waals surface area contributed by atoms with E-state index in [0.29, 0.717) is 10.9 Å². The summed E-state index contributed by atoms with van der Waals surface area (Å²) in [7, 11) is 0. The Labute approximate surface area is 123 Å². The van der Waals surface area contributed by atoms with Crippen molar-refractivity contribution in [2.75, 3.05) is 18.5 Å². The van der Waals surface area contributed by atoms with Gasteiger partial charge in [0.2, 0.25) is 0 Å². The number of halogens is 2. The topological polar surface area (TPSA) is 32.3 Å². The van der Waals surface area contributed by atoms with Crippen LogP contribution in [0.3, 0.4) is 0 Å². The molecule has 0 saturated heterocycles. The van der Waals surface area contributed by atoms with Gasteiger partial charge in [-0.2, -0.15) is 0 Å². The molecule has 1 unspecified atom stereocenters. The number of nitrogens with one attached hydrogen (secondary N) is 1. The average molecular weight is 297 g/mol. The Kier molecular flexibility index (Phi) is 3.36. The fraction of sp³-hybridized carbons (Fsp3) is 0.533. The summed E-state index contributed by atoms with van der Waals surface area (Å²) in [4.78, 5) is 14.0. The molecule has 5 heteroatoms. The Bertz CT molecular complexity index is 547. The van der Waals surface area contributed by atoms with Gasteiger partial charge in [0.05, 0.1) is 12.1 Å². The van der Waals surface area contributed by atoms with E-state index in [2.05, 4.69) is 12.2 Å². The van der Waals surface area contributed by atoms with E-state index in [-0.39, 0.29) is 12.6 Å². The smallest absolute Gasteiger partial charge is 0.312 e. The number of urea groups is 1. The summed E-state index contributed by atoms with van der Waals surface area (Å²) in [6.07, 6.45) is 2.93. The molecule has 1 fully saturated rings. The summed E-state index contributed by atoms with van der Waals surface area (Å²) in [5, 5.41) is 3.51. The minimum atomic E-state index is -0.530. The van der Waals surface area contributed by atoms with Crippen molar-refractivity contribution in [3.8, 4) is 0 Å². The zero-order chi connectivity index (χ0) is 14.3. The normalized spacial score (nSPS) is 25.4. The van der Waals surface area contributed by atoms with Crippen molar-refractivity contribution in [3.05, 3.63) is 28.8 Å². The van der Waals surface area contributed by atoms with Crippen molar-refractivity contribution >= 4 is 23.3 Å². The van der Waals surface area contributed by atoms with Crippen LogP contribution in [0.4, 0.5) is 14.9 Å². The van der Waals surface area contributed by atoms with Gasteiger partial charge in [0.25, 0.3) is 0 Å². The summed E-state index contributed by atoms with van der Waals surface area (Å²) < 4.78 is 12.9. The van der Waals surface area contributed by atoms with E-state index >= 15 is 0 Å². The van der Waals surface area contributed by atoms with Crippen molar-refractivity contribution in [2.24, 2.45) is 5.92 Å². The molecule has 1 heterocycles. The van der Waals surface area contributed by atoms with E-state index in [4.69, 9.17) is 11.6 Å². The van der Waals surface area contributed by atoms with Gasteiger partial charge in [0.1, 0.15) is 6.67 Å². The molecule has 1 aliphatic heterocycles. The number of fused-ring (bicyclic) bond motifs is 1. The number of anilines is 1. The Balaban J connectivity index is 2.18. The first kappa shape index (κ1) is 13.7. The molecular formula is C15H18ClFN2O. The van der Waals surface area contributed by atoms with E-state index in [1.54, 1.807) is 11.0 Å². The number of hydrogen-bond donors (Lipinski definition) is 1. The molecule has 0 aromatic heterocycles. The highest BCUT2D eigenvalue weighted by atomic mass is 35.5. The van der Waals surface area contributed by atoms with Gasteiger partial charge < -0.3 is 10.2 Å². The van der Waals surface area contributed by atoms with Crippen LogP contribution in [0.15, 0.2) is 18.2 Å². The molecule has 0 bridgehead atoms. The number of benzene rings is 1. The van der Waals surface area contributed by atoms with Crippen molar-refractivity contribution in [3.63, 3.8) is 0 Å². The van der Waals surface area contributed by atoms with Crippen LogP contribution in [0.25, 0.3) is 0 Å². The summed E-state index contributed by atoms with van der Waals surface area (Å²) >= 11 is 6.14. The Morgan fingerprint density at radius 1 is 1.50 bits per heavy atom. The summed E-state index contributed by atoms with van der Waals surface area (Å²) in [5.74, 6) is 0.405. The molecule has 1 aliphatic carbocycles. The lowest BCUT2D eigenvalue weighted by Crippen LogP contribution is -2.56. The van der Waals surface area contributed by atoms with Gasteiger partial charge in [0, 0.05) is 16.3 Å². The predicted octanol–water partition coefficient (Wildman–Crippen LogP) is 4.17. The molecule has 1 aromatic rings. The Morgan fingerprint density at radius 3 is 2.85 bits per heavy atom. The van der Waals surface area contributed by atoms with E-state index in [9.17, 15) is 9.18 Å². The first-order valence-electron chi connectivity index (χ1n) is 7.08. The highest BCUT2D eigenvalue weighted by molar-refractivity contribution is 6.30. The number of hydrogen-bond acceptors (Lipinski definition) is 1. The lowest BCUT2D eigenvalue weighted by molar-refractivity contribution is 0.0847. The lowest BCUT2D eigenvalue weighted by atomic mass is 9.78. The van der Waals surface area contributed by atoms with Crippen molar-refractivity contribution in [2.45, 2.75) is 31.7 Å². The van der Waals surface area contributed by atoms with Crippen molar-refractivity contribution in [1.29, 1.82) is 0 Å². The highest BCUT2D eigenvalue weighted by Gasteiger charge is 2.54. The van der Waals surface area contributed by atoms with Crippen LogP contribution in [-0.2, 0) is 5.54 Å². The fourth-order valence-corrected chi connectivity index (χ4v) is 3.72. The number of rotatable bonds is 4. The van der Waals surface area contributed by atoms with E-state index in [1.165, 1.54) is 0 Å². The summed E-state index contributed by atoms with van der Waals surface area (Å²) in [5.41, 5.74) is 1.43. The van der Waals surface area contributed by atoms with Gasteiger partial charge in [-0.25, -0.2) is 9.18 Å². The van der Waals surface area contributed by atoms with Crippen molar-refractivity contribution < 1.29 is 9.18 Å². The van der Waals surface area contributed by atoms with Gasteiger partial charge in [-0.05, 0) is 43.4 Å². The predicted molar refractivity (Wildman–Crippen MR) is 77.8 cm³/mol. The largest absolute Gasteiger partial charge is 0.322 e. The van der Waals surface area contributed by atoms with Crippen LogP contribution in [0.1, 0.15) is 31.7 Å². The van der Waals surface area contributed by atoms with E-state index < -0.39 is 12.2 Å². The first-order valence-corrected chi connectivity index (χ1v) is 7.46. The minimum Gasteiger partial charge on any atom is -0.312 e. The van der Waals surface area contributed by atoms with Gasteiger partial charge in [-0.3, -0.25) is 0 Å². The maximum atomic E-state index is 12.9. The molecule has 1 N–H and O–H groups in total. The molecule has 3 nitrogen and oxygen atoms in total. The Morgan fingerprint density at radius 2 is 2.25 bits per heavy atom. The highest BCUT2D eigenvalue weighted by Crippen LogP contribution is 2.55. The molecule has 0 spiro atoms. The second-order valence-electron chi connectivity index (χ2n) is 5.51. The third kappa shape index (κ3) is 1.89. The molecular weight excluding hydrogens is 279 g/mol. The quantitative estimate of drug-likeness (QED) is 0.888. The first-order chi connectivity index (χ1) is 9.63. The lowest BCUT2D eigenvalue weighted by Gasteiger charge is -2.48. The van der Waals surface area contributed by atoms with E-state index in [0.717, 1.165) is 30.5 Å². The monoisotopic (exact) mass is 296 g/mol. The van der Waals surface area contributed by atoms with Crippen LogP contribution in [0.2, 0.25) is 5.02 Å². The fourth-order valence-electron chi connectivity index (χ4n) is 3.55. The Hall–Kier alpha value is -1.29. The van der Waals surface area contributed by atoms with Gasteiger partial charge in [-0.1, -0.05) is 18.5 Å². The molecule has 1 saturated carbocycles. The van der Waals surface area contributed by atoms with Crippen LogP contribution in [0.5, 0.6) is 0 Å². The van der Waals surface area contributed by atoms with Gasteiger partial charge in [-0.15, -0.1) is 0 Å². The molecule has 20 heavy (non-hydrogen) atoms. The molecule has 3 rings (SSSR count). The third-order valence-corrected chi connectivity index (χ3v) is 4.75. The number of nitrogens with zero attached hydrogens (tertiary/aromatic N) is 1.